The minimum atomic E-state index is -4.41. The molecule has 17 heteroatoms. The molecule has 2 aliphatic heterocycles. The summed E-state index contributed by atoms with van der Waals surface area (Å²) in [5.41, 5.74) is -0.890. The highest BCUT2D eigenvalue weighted by atomic mass is 79.9. The SMILES string of the molecule is CNc1cncc(C(=O)N2C[C@H](Nc3c(C(=O)N4CCN(CC(F)(F)F)CC4)cc(Br)cc3[N+](=O)[O-])C(F)(F)C2)c1. The molecule has 2 aromatic rings. The van der Waals surface area contributed by atoms with Crippen LogP contribution in [0.5, 0.6) is 0 Å². The molecule has 1 atom stereocenters. The number of benzene rings is 1. The Bertz CT molecular complexity index is 1340. The van der Waals surface area contributed by atoms with Crippen LogP contribution in [0, 0.1) is 10.1 Å². The van der Waals surface area contributed by atoms with Gasteiger partial charge in [-0.2, -0.15) is 13.2 Å². The van der Waals surface area contributed by atoms with Crippen molar-refractivity contribution in [1.29, 1.82) is 0 Å². The molecule has 2 saturated heterocycles. The maximum atomic E-state index is 15.2. The molecular weight excluding hydrogens is 625 g/mol. The Kier molecular flexibility index (Phi) is 8.67. The van der Waals surface area contributed by atoms with Gasteiger partial charge in [-0.3, -0.25) is 29.6 Å². The monoisotopic (exact) mass is 649 g/mol. The fourth-order valence-electron chi connectivity index (χ4n) is 4.73. The second-order valence-electron chi connectivity index (χ2n) is 9.64. The predicted molar refractivity (Wildman–Crippen MR) is 141 cm³/mol. The summed E-state index contributed by atoms with van der Waals surface area (Å²) in [5, 5.41) is 17.1. The van der Waals surface area contributed by atoms with Crippen molar-refractivity contribution in [1.82, 2.24) is 19.7 Å². The highest BCUT2D eigenvalue weighted by Crippen LogP contribution is 2.38. The number of nitro benzene ring substituents is 1. The van der Waals surface area contributed by atoms with E-state index in [0.29, 0.717) is 5.69 Å². The molecule has 2 fully saturated rings. The molecule has 2 N–H and O–H groups in total. The van der Waals surface area contributed by atoms with Gasteiger partial charge in [0, 0.05) is 62.7 Å². The molecule has 0 spiro atoms. The van der Waals surface area contributed by atoms with Crippen molar-refractivity contribution in [2.75, 3.05) is 63.5 Å². The van der Waals surface area contributed by atoms with E-state index < -0.39 is 65.9 Å². The maximum absolute atomic E-state index is 15.2. The van der Waals surface area contributed by atoms with Crippen molar-refractivity contribution in [3.63, 3.8) is 0 Å². The van der Waals surface area contributed by atoms with Crippen molar-refractivity contribution in [3.05, 3.63) is 56.3 Å². The fourth-order valence-corrected chi connectivity index (χ4v) is 5.18. The number of hydrogen-bond acceptors (Lipinski definition) is 8. The van der Waals surface area contributed by atoms with Crippen molar-refractivity contribution < 1.29 is 36.5 Å². The highest BCUT2D eigenvalue weighted by molar-refractivity contribution is 9.10. The number of carbonyl (C=O) groups is 2. The summed E-state index contributed by atoms with van der Waals surface area (Å²) < 4.78 is 68.8. The molecule has 41 heavy (non-hydrogen) atoms. The summed E-state index contributed by atoms with van der Waals surface area (Å²) >= 11 is 3.10. The maximum Gasteiger partial charge on any atom is 0.401 e. The van der Waals surface area contributed by atoms with Gasteiger partial charge in [-0.15, -0.1) is 0 Å². The van der Waals surface area contributed by atoms with E-state index in [1.54, 1.807) is 7.05 Å². The molecule has 1 aromatic heterocycles. The molecule has 11 nitrogen and oxygen atoms in total. The van der Waals surface area contributed by atoms with Crippen LogP contribution in [0.4, 0.5) is 39.0 Å². The number of nitrogens with one attached hydrogen (secondary N) is 2. The van der Waals surface area contributed by atoms with Crippen LogP contribution in [-0.4, -0.2) is 107 Å². The zero-order valence-corrected chi connectivity index (χ0v) is 23.1. The standard InChI is InChI=1S/C24H25BrF5N7O4/c1-31-16-6-14(9-32-10-16)21(38)36-11-19(23(26,27)12-36)33-20-17(7-15(25)8-18(20)37(40)41)22(39)35-4-2-34(3-5-35)13-24(28,29)30/h6-10,19,31,33H,2-5,11-13H2,1H3/t19-/m0/s1. The first kappa shape index (κ1) is 30.4. The van der Waals surface area contributed by atoms with Gasteiger partial charge in [-0.25, -0.2) is 8.78 Å². The van der Waals surface area contributed by atoms with Crippen molar-refractivity contribution >= 4 is 44.8 Å². The minimum Gasteiger partial charge on any atom is -0.387 e. The van der Waals surface area contributed by atoms with E-state index >= 15 is 8.78 Å². The Labute approximate surface area is 238 Å². The Morgan fingerprint density at radius 3 is 2.41 bits per heavy atom. The van der Waals surface area contributed by atoms with Crippen LogP contribution in [-0.2, 0) is 0 Å². The molecule has 0 unspecified atom stereocenters. The number of carbonyl (C=O) groups excluding carboxylic acids is 2. The van der Waals surface area contributed by atoms with Gasteiger partial charge >= 0.3 is 6.18 Å². The second-order valence-corrected chi connectivity index (χ2v) is 10.6. The largest absolute Gasteiger partial charge is 0.401 e. The lowest BCUT2D eigenvalue weighted by Gasteiger charge is -2.35. The summed E-state index contributed by atoms with van der Waals surface area (Å²) in [6, 6.07) is 1.93. The van der Waals surface area contributed by atoms with Gasteiger partial charge in [0.15, 0.2) is 0 Å². The molecule has 1 aromatic carbocycles. The second kappa shape index (κ2) is 11.7. The molecule has 3 heterocycles. The first-order chi connectivity index (χ1) is 19.2. The molecule has 4 rings (SSSR count). The van der Waals surface area contributed by atoms with Crippen molar-refractivity contribution in [2.24, 2.45) is 0 Å². The van der Waals surface area contributed by atoms with Gasteiger partial charge in [0.2, 0.25) is 0 Å². The first-order valence-corrected chi connectivity index (χ1v) is 13.1. The average Bonchev–Trinajstić information content (AvgIpc) is 3.21. The Hall–Kier alpha value is -3.60. The topological polar surface area (TPSA) is 124 Å². The summed E-state index contributed by atoms with van der Waals surface area (Å²) in [6.45, 7) is -3.05. The quantitative estimate of drug-likeness (QED) is 0.265. The number of likely N-dealkylation sites (tertiary alicyclic amines) is 1. The van der Waals surface area contributed by atoms with Crippen molar-refractivity contribution in [2.45, 2.75) is 18.1 Å². The molecule has 2 aliphatic rings. The number of pyridine rings is 1. The third kappa shape index (κ3) is 7.01. The van der Waals surface area contributed by atoms with E-state index in [4.69, 9.17) is 0 Å². The zero-order valence-electron chi connectivity index (χ0n) is 21.6. The summed E-state index contributed by atoms with van der Waals surface area (Å²) in [7, 11) is 1.60. The van der Waals surface area contributed by atoms with Crippen LogP contribution >= 0.6 is 15.9 Å². The number of aromatic nitrogens is 1. The Morgan fingerprint density at radius 1 is 1.12 bits per heavy atom. The Balaban J connectivity index is 1.59. The van der Waals surface area contributed by atoms with E-state index in [0.717, 1.165) is 15.9 Å². The van der Waals surface area contributed by atoms with Gasteiger partial charge in [-0.1, -0.05) is 15.9 Å². The van der Waals surface area contributed by atoms with Crippen LogP contribution in [0.15, 0.2) is 35.1 Å². The number of hydrogen-bond donors (Lipinski definition) is 2. The van der Waals surface area contributed by atoms with Crippen LogP contribution in [0.1, 0.15) is 20.7 Å². The number of nitro groups is 1. The number of nitrogens with zero attached hydrogens (tertiary/aromatic N) is 5. The number of halogens is 6. The first-order valence-electron chi connectivity index (χ1n) is 12.3. The molecule has 0 saturated carbocycles. The average molecular weight is 650 g/mol. The smallest absolute Gasteiger partial charge is 0.387 e. The number of piperazine rings is 1. The van der Waals surface area contributed by atoms with Crippen molar-refractivity contribution in [3.8, 4) is 0 Å². The van der Waals surface area contributed by atoms with Gasteiger partial charge in [0.1, 0.15) is 11.7 Å². The summed E-state index contributed by atoms with van der Waals surface area (Å²) in [5.74, 6) is -5.03. The number of alkyl halides is 5. The number of amides is 2. The lowest BCUT2D eigenvalue weighted by molar-refractivity contribution is -0.384. The summed E-state index contributed by atoms with van der Waals surface area (Å²) in [4.78, 5) is 44.6. The molecular formula is C24H25BrF5N7O4. The normalized spacial score (nSPS) is 19.2. The van der Waals surface area contributed by atoms with Crippen LogP contribution in [0.25, 0.3) is 0 Å². The lowest BCUT2D eigenvalue weighted by Crippen LogP contribution is -2.51. The number of rotatable bonds is 7. The van der Waals surface area contributed by atoms with Crippen LogP contribution in [0.3, 0.4) is 0 Å². The molecule has 2 amide bonds. The van der Waals surface area contributed by atoms with E-state index in [1.165, 1.54) is 29.4 Å². The third-order valence-electron chi connectivity index (χ3n) is 6.77. The van der Waals surface area contributed by atoms with Crippen LogP contribution < -0.4 is 10.6 Å². The van der Waals surface area contributed by atoms with Crippen LogP contribution in [0.2, 0.25) is 0 Å². The zero-order chi connectivity index (χ0) is 30.1. The fraction of sp³-hybridized carbons (Fsp3) is 0.458. The van der Waals surface area contributed by atoms with Gasteiger partial charge in [0.25, 0.3) is 23.4 Å². The predicted octanol–water partition coefficient (Wildman–Crippen LogP) is 3.69. The third-order valence-corrected chi connectivity index (χ3v) is 7.22. The lowest BCUT2D eigenvalue weighted by atomic mass is 10.1. The van der Waals surface area contributed by atoms with Gasteiger partial charge in [0.05, 0.1) is 34.8 Å². The van der Waals surface area contributed by atoms with Gasteiger partial charge < -0.3 is 20.4 Å². The van der Waals surface area contributed by atoms with E-state index in [2.05, 4.69) is 31.5 Å². The molecule has 0 bridgehead atoms. The minimum absolute atomic E-state index is 0.0588. The summed E-state index contributed by atoms with van der Waals surface area (Å²) in [6.07, 6.45) is -1.74. The number of anilines is 2. The van der Waals surface area contributed by atoms with E-state index in [-0.39, 0.29) is 41.8 Å². The molecule has 0 radical (unpaired) electrons. The van der Waals surface area contributed by atoms with E-state index in [9.17, 15) is 32.9 Å². The highest BCUT2D eigenvalue weighted by Gasteiger charge is 2.51. The van der Waals surface area contributed by atoms with E-state index in [1.807, 2.05) is 0 Å². The molecule has 222 valence electrons. The van der Waals surface area contributed by atoms with Gasteiger partial charge in [-0.05, 0) is 12.1 Å². The Morgan fingerprint density at radius 2 is 1.80 bits per heavy atom. The molecule has 0 aliphatic carbocycles.